The first-order chi connectivity index (χ1) is 10.9. The van der Waals surface area contributed by atoms with Gasteiger partial charge in [-0.2, -0.15) is 0 Å². The van der Waals surface area contributed by atoms with E-state index in [1.165, 1.54) is 13.0 Å². The summed E-state index contributed by atoms with van der Waals surface area (Å²) in [5.74, 6) is 1.34. The Morgan fingerprint density at radius 1 is 1.26 bits per heavy atom. The summed E-state index contributed by atoms with van der Waals surface area (Å²) < 4.78 is 10.8. The minimum absolute atomic E-state index is 0.0368. The molecule has 1 atom stereocenters. The van der Waals surface area contributed by atoms with Gasteiger partial charge in [-0.15, -0.1) is 0 Å². The van der Waals surface area contributed by atoms with E-state index in [4.69, 9.17) is 9.47 Å². The third kappa shape index (κ3) is 5.43. The fourth-order valence-corrected chi connectivity index (χ4v) is 2.36. The summed E-state index contributed by atoms with van der Waals surface area (Å²) in [5, 5.41) is 2.91. The van der Waals surface area contributed by atoms with Gasteiger partial charge in [-0.3, -0.25) is 9.59 Å². The normalized spacial score (nSPS) is 17.0. The zero-order chi connectivity index (χ0) is 16.8. The van der Waals surface area contributed by atoms with Crippen molar-refractivity contribution in [1.82, 2.24) is 5.32 Å². The van der Waals surface area contributed by atoms with Crippen molar-refractivity contribution < 1.29 is 19.1 Å². The lowest BCUT2D eigenvalue weighted by atomic mass is 10.0. The van der Waals surface area contributed by atoms with Gasteiger partial charge in [0.25, 0.3) is 0 Å². The Balaban J connectivity index is 1.89. The summed E-state index contributed by atoms with van der Waals surface area (Å²) in [4.78, 5) is 22.4. The Morgan fingerprint density at radius 3 is 2.57 bits per heavy atom. The Kier molecular flexibility index (Phi) is 5.79. The number of nitrogens with one attached hydrogen (secondary N) is 1. The summed E-state index contributed by atoms with van der Waals surface area (Å²) in [6.07, 6.45) is 3.43. The van der Waals surface area contributed by atoms with Gasteiger partial charge in [0.2, 0.25) is 5.91 Å². The average molecular weight is 317 g/mol. The van der Waals surface area contributed by atoms with Gasteiger partial charge in [0.05, 0.1) is 6.04 Å². The first kappa shape index (κ1) is 17.1. The topological polar surface area (TPSA) is 64.6 Å². The number of carbonyl (C=O) groups excluding carboxylic acids is 2. The number of rotatable bonds is 7. The van der Waals surface area contributed by atoms with Crippen molar-refractivity contribution in [1.29, 1.82) is 0 Å². The molecule has 5 heteroatoms. The number of ether oxygens (including phenoxy) is 2. The zero-order valence-electron chi connectivity index (χ0n) is 13.8. The molecule has 1 aromatic carbocycles. The summed E-state index contributed by atoms with van der Waals surface area (Å²) in [5.41, 5.74) is 0.948. The highest BCUT2D eigenvalue weighted by atomic mass is 16.5. The first-order valence-corrected chi connectivity index (χ1v) is 7.86. The molecule has 1 heterocycles. The van der Waals surface area contributed by atoms with Crippen LogP contribution in [0.2, 0.25) is 0 Å². The van der Waals surface area contributed by atoms with E-state index in [0.717, 1.165) is 18.4 Å². The van der Waals surface area contributed by atoms with Crippen molar-refractivity contribution >= 4 is 11.9 Å². The van der Waals surface area contributed by atoms with Gasteiger partial charge in [0.15, 0.2) is 0 Å². The molecule has 0 aromatic heterocycles. The third-order valence-electron chi connectivity index (χ3n) is 3.56. The van der Waals surface area contributed by atoms with Crippen molar-refractivity contribution in [3.05, 3.63) is 41.7 Å². The van der Waals surface area contributed by atoms with Crippen LogP contribution in [0, 0.1) is 5.92 Å². The Morgan fingerprint density at radius 2 is 1.96 bits per heavy atom. The van der Waals surface area contributed by atoms with E-state index in [9.17, 15) is 9.59 Å². The second-order valence-electron chi connectivity index (χ2n) is 6.11. The molecular weight excluding hydrogens is 294 g/mol. The number of carbonyl (C=O) groups is 2. The van der Waals surface area contributed by atoms with Crippen molar-refractivity contribution in [2.75, 3.05) is 0 Å². The number of hydrogen-bond donors (Lipinski definition) is 1. The molecular formula is C18H23NO4. The lowest BCUT2D eigenvalue weighted by Crippen LogP contribution is -2.29. The molecule has 1 aliphatic heterocycles. The molecule has 1 aromatic rings. The van der Waals surface area contributed by atoms with Gasteiger partial charge >= 0.3 is 5.97 Å². The monoisotopic (exact) mass is 317 g/mol. The Labute approximate surface area is 136 Å². The van der Waals surface area contributed by atoms with Crippen LogP contribution in [0.15, 0.2) is 36.1 Å². The van der Waals surface area contributed by atoms with E-state index >= 15 is 0 Å². The molecule has 0 bridgehead atoms. The van der Waals surface area contributed by atoms with Crippen LogP contribution in [0.5, 0.6) is 5.75 Å². The van der Waals surface area contributed by atoms with E-state index in [1.807, 2.05) is 12.1 Å². The summed E-state index contributed by atoms with van der Waals surface area (Å²) >= 11 is 0. The van der Waals surface area contributed by atoms with Gasteiger partial charge in [0.1, 0.15) is 18.1 Å². The Bertz CT molecular complexity index is 590. The second-order valence-corrected chi connectivity index (χ2v) is 6.11. The average Bonchev–Trinajstić information content (AvgIpc) is 2.84. The molecule has 1 aliphatic rings. The number of amides is 1. The maximum atomic E-state index is 11.6. The van der Waals surface area contributed by atoms with Crippen molar-refractivity contribution in [2.24, 2.45) is 5.92 Å². The predicted molar refractivity (Wildman–Crippen MR) is 86.6 cm³/mol. The fourth-order valence-electron chi connectivity index (χ4n) is 2.36. The molecule has 23 heavy (non-hydrogen) atoms. The highest BCUT2D eigenvalue weighted by Gasteiger charge is 2.25. The van der Waals surface area contributed by atoms with Crippen LogP contribution < -0.4 is 10.1 Å². The summed E-state index contributed by atoms with van der Waals surface area (Å²) in [6, 6.07) is 7.09. The van der Waals surface area contributed by atoms with Crippen molar-refractivity contribution in [3.63, 3.8) is 0 Å². The lowest BCUT2D eigenvalue weighted by Gasteiger charge is -2.17. The SMILES string of the molecule is CC(=O)Oc1ccc(COC2=CC(=O)N[C@H]2CCC(C)C)cc1. The van der Waals surface area contributed by atoms with Crippen LogP contribution in [-0.2, 0) is 20.9 Å². The van der Waals surface area contributed by atoms with E-state index < -0.39 is 0 Å². The minimum atomic E-state index is -0.345. The smallest absolute Gasteiger partial charge is 0.308 e. The van der Waals surface area contributed by atoms with Crippen LogP contribution >= 0.6 is 0 Å². The molecule has 0 fully saturated rings. The van der Waals surface area contributed by atoms with Gasteiger partial charge < -0.3 is 14.8 Å². The summed E-state index contributed by atoms with van der Waals surface area (Å²) in [7, 11) is 0. The van der Waals surface area contributed by atoms with Crippen molar-refractivity contribution in [2.45, 2.75) is 46.3 Å². The molecule has 1 N–H and O–H groups in total. The predicted octanol–water partition coefficient (Wildman–Crippen LogP) is 2.95. The van der Waals surface area contributed by atoms with Crippen LogP contribution in [0.4, 0.5) is 0 Å². The van der Waals surface area contributed by atoms with Crippen molar-refractivity contribution in [3.8, 4) is 5.75 Å². The first-order valence-electron chi connectivity index (χ1n) is 7.86. The number of esters is 1. The molecule has 0 aliphatic carbocycles. The largest absolute Gasteiger partial charge is 0.491 e. The molecule has 5 nitrogen and oxygen atoms in total. The van der Waals surface area contributed by atoms with Gasteiger partial charge in [-0.25, -0.2) is 0 Å². The van der Waals surface area contributed by atoms with E-state index in [-0.39, 0.29) is 17.9 Å². The van der Waals surface area contributed by atoms with Crippen LogP contribution in [0.25, 0.3) is 0 Å². The lowest BCUT2D eigenvalue weighted by molar-refractivity contribution is -0.131. The molecule has 1 amide bonds. The van der Waals surface area contributed by atoms with Crippen LogP contribution in [0.1, 0.15) is 39.2 Å². The fraction of sp³-hybridized carbons (Fsp3) is 0.444. The molecule has 2 rings (SSSR count). The molecule has 0 radical (unpaired) electrons. The van der Waals surface area contributed by atoms with E-state index in [1.54, 1.807) is 12.1 Å². The van der Waals surface area contributed by atoms with Crippen LogP contribution in [0.3, 0.4) is 0 Å². The van der Waals surface area contributed by atoms with Crippen LogP contribution in [-0.4, -0.2) is 17.9 Å². The molecule has 124 valence electrons. The van der Waals surface area contributed by atoms with E-state index in [2.05, 4.69) is 19.2 Å². The highest BCUT2D eigenvalue weighted by Crippen LogP contribution is 2.20. The van der Waals surface area contributed by atoms with Gasteiger partial charge in [-0.05, 0) is 36.5 Å². The molecule has 0 saturated carbocycles. The van der Waals surface area contributed by atoms with Gasteiger partial charge in [-0.1, -0.05) is 26.0 Å². The zero-order valence-corrected chi connectivity index (χ0v) is 13.8. The molecule has 0 spiro atoms. The molecule has 0 unspecified atom stereocenters. The second kappa shape index (κ2) is 7.81. The highest BCUT2D eigenvalue weighted by molar-refractivity contribution is 5.91. The van der Waals surface area contributed by atoms with E-state index in [0.29, 0.717) is 24.0 Å². The molecule has 0 saturated heterocycles. The quantitative estimate of drug-likeness (QED) is 0.620. The maximum Gasteiger partial charge on any atom is 0.308 e. The minimum Gasteiger partial charge on any atom is -0.491 e. The summed E-state index contributed by atoms with van der Waals surface area (Å²) in [6.45, 7) is 6.06. The standard InChI is InChI=1S/C18H23NO4/c1-12(2)4-9-16-17(10-18(21)19-16)22-11-14-5-7-15(8-6-14)23-13(3)20/h5-8,10,12,16H,4,9,11H2,1-3H3,(H,19,21)/t16-/m0/s1. The maximum absolute atomic E-state index is 11.6. The van der Waals surface area contributed by atoms with Gasteiger partial charge in [0, 0.05) is 13.0 Å². The Hall–Kier alpha value is -2.30. The third-order valence-corrected chi connectivity index (χ3v) is 3.56. The number of benzene rings is 1. The number of hydrogen-bond acceptors (Lipinski definition) is 4.